The molecule has 1 N–H and O–H groups in total. The van der Waals surface area contributed by atoms with E-state index >= 15 is 0 Å². The van der Waals surface area contributed by atoms with E-state index in [-0.39, 0.29) is 11.5 Å². The highest BCUT2D eigenvalue weighted by molar-refractivity contribution is 5.48. The average Bonchev–Trinajstić information content (AvgIpc) is 2.90. The van der Waals surface area contributed by atoms with E-state index in [1.165, 1.54) is 7.11 Å². The number of aliphatic hydroxyl groups is 1. The fourth-order valence-electron chi connectivity index (χ4n) is 3.92. The second kappa shape index (κ2) is 6.69. The van der Waals surface area contributed by atoms with Gasteiger partial charge in [0, 0.05) is 11.5 Å². The number of likely N-dealkylation sites (tertiary alicyclic amines) is 1. The van der Waals surface area contributed by atoms with Gasteiger partial charge in [-0.2, -0.15) is 0 Å². The Morgan fingerprint density at radius 2 is 2.17 bits per heavy atom. The minimum Gasteiger partial charge on any atom is -0.493 e. The zero-order valence-electron chi connectivity index (χ0n) is 13.9. The van der Waals surface area contributed by atoms with E-state index in [1.54, 1.807) is 12.1 Å². The number of rotatable bonds is 5. The first-order valence-corrected chi connectivity index (χ1v) is 8.13. The van der Waals surface area contributed by atoms with Crippen molar-refractivity contribution >= 4 is 0 Å². The van der Waals surface area contributed by atoms with E-state index in [1.807, 2.05) is 12.1 Å². The molecule has 1 heterocycles. The van der Waals surface area contributed by atoms with Gasteiger partial charge in [-0.25, -0.2) is 8.78 Å². The lowest BCUT2D eigenvalue weighted by Gasteiger charge is -2.39. The van der Waals surface area contributed by atoms with Crippen LogP contribution < -0.4 is 9.47 Å². The summed E-state index contributed by atoms with van der Waals surface area (Å²) in [5, 5.41) is 9.98. The van der Waals surface area contributed by atoms with E-state index < -0.39 is 19.1 Å². The van der Waals surface area contributed by atoms with Crippen LogP contribution in [-0.2, 0) is 5.41 Å². The Hall–Kier alpha value is -1.66. The first-order valence-electron chi connectivity index (χ1n) is 8.13. The SMILES string of the molecule is COc1ccc([C@@]23C=C[C@@H](O)C[C@@H]2N(C)CC3)cc1OCC(F)F. The van der Waals surface area contributed by atoms with Crippen LogP contribution >= 0.6 is 0 Å². The minimum atomic E-state index is -2.54. The fraction of sp³-hybridized carbons (Fsp3) is 0.556. The van der Waals surface area contributed by atoms with Crippen LogP contribution in [0.1, 0.15) is 18.4 Å². The average molecular weight is 339 g/mol. The van der Waals surface area contributed by atoms with Gasteiger partial charge in [-0.15, -0.1) is 0 Å². The van der Waals surface area contributed by atoms with Crippen LogP contribution in [0.5, 0.6) is 11.5 Å². The van der Waals surface area contributed by atoms with E-state index in [4.69, 9.17) is 9.47 Å². The quantitative estimate of drug-likeness (QED) is 0.838. The maximum atomic E-state index is 12.5. The van der Waals surface area contributed by atoms with Crippen molar-refractivity contribution < 1.29 is 23.4 Å². The van der Waals surface area contributed by atoms with Crippen molar-refractivity contribution in [2.24, 2.45) is 0 Å². The molecule has 0 amide bonds. The number of hydrogen-bond acceptors (Lipinski definition) is 4. The lowest BCUT2D eigenvalue weighted by Crippen LogP contribution is -2.44. The highest BCUT2D eigenvalue weighted by Crippen LogP contribution is 2.47. The molecule has 132 valence electrons. The van der Waals surface area contributed by atoms with Gasteiger partial charge in [0.05, 0.1) is 13.2 Å². The predicted molar refractivity (Wildman–Crippen MR) is 87.0 cm³/mol. The smallest absolute Gasteiger partial charge is 0.272 e. The number of aliphatic hydroxyl groups excluding tert-OH is 1. The Kier molecular flexibility index (Phi) is 4.78. The third kappa shape index (κ3) is 3.00. The summed E-state index contributed by atoms with van der Waals surface area (Å²) in [6, 6.07) is 5.70. The number of alkyl halides is 2. The van der Waals surface area contributed by atoms with Gasteiger partial charge in [-0.05, 0) is 44.1 Å². The molecule has 6 heteroatoms. The van der Waals surface area contributed by atoms with Crippen molar-refractivity contribution in [2.45, 2.75) is 36.8 Å². The maximum Gasteiger partial charge on any atom is 0.272 e. The third-order valence-electron chi connectivity index (χ3n) is 5.15. The summed E-state index contributed by atoms with van der Waals surface area (Å²) in [5.41, 5.74) is 0.772. The molecule has 1 saturated heterocycles. The summed E-state index contributed by atoms with van der Waals surface area (Å²) in [5.74, 6) is 0.774. The van der Waals surface area contributed by atoms with E-state index in [0.29, 0.717) is 17.9 Å². The molecule has 1 fully saturated rings. The van der Waals surface area contributed by atoms with Gasteiger partial charge in [-0.3, -0.25) is 0 Å². The van der Waals surface area contributed by atoms with Crippen LogP contribution in [0.3, 0.4) is 0 Å². The Morgan fingerprint density at radius 3 is 2.88 bits per heavy atom. The molecule has 0 radical (unpaired) electrons. The van der Waals surface area contributed by atoms with Gasteiger partial charge in [0.25, 0.3) is 6.43 Å². The van der Waals surface area contributed by atoms with Gasteiger partial charge in [-0.1, -0.05) is 18.2 Å². The predicted octanol–water partition coefficient (Wildman–Crippen LogP) is 2.60. The number of ether oxygens (including phenoxy) is 2. The van der Waals surface area contributed by atoms with Crippen molar-refractivity contribution in [2.75, 3.05) is 27.3 Å². The molecule has 0 saturated carbocycles. The lowest BCUT2D eigenvalue weighted by atomic mass is 9.69. The molecule has 3 atom stereocenters. The summed E-state index contributed by atoms with van der Waals surface area (Å²) in [4.78, 5) is 2.25. The Balaban J connectivity index is 1.98. The van der Waals surface area contributed by atoms with Crippen molar-refractivity contribution in [3.05, 3.63) is 35.9 Å². The maximum absolute atomic E-state index is 12.5. The highest BCUT2D eigenvalue weighted by Gasteiger charge is 2.48. The number of nitrogens with zero attached hydrogens (tertiary/aromatic N) is 1. The molecule has 0 aromatic heterocycles. The number of methoxy groups -OCH3 is 1. The molecule has 1 aromatic carbocycles. The molecule has 1 aliphatic carbocycles. The van der Waals surface area contributed by atoms with Crippen LogP contribution in [0.4, 0.5) is 8.78 Å². The summed E-state index contributed by atoms with van der Waals surface area (Å²) in [6.07, 6.45) is 2.49. The molecular weight excluding hydrogens is 316 g/mol. The summed E-state index contributed by atoms with van der Waals surface area (Å²) >= 11 is 0. The monoisotopic (exact) mass is 339 g/mol. The van der Waals surface area contributed by atoms with Crippen molar-refractivity contribution in [1.82, 2.24) is 4.90 Å². The lowest BCUT2D eigenvalue weighted by molar-refractivity contribution is 0.0802. The van der Waals surface area contributed by atoms with Gasteiger partial charge in [0.15, 0.2) is 11.5 Å². The van der Waals surface area contributed by atoms with Crippen LogP contribution in [0, 0.1) is 0 Å². The molecule has 3 rings (SSSR count). The zero-order valence-corrected chi connectivity index (χ0v) is 13.9. The van der Waals surface area contributed by atoms with E-state index in [2.05, 4.69) is 18.0 Å². The van der Waals surface area contributed by atoms with Crippen LogP contribution in [0.25, 0.3) is 0 Å². The van der Waals surface area contributed by atoms with E-state index in [0.717, 1.165) is 18.5 Å². The summed E-state index contributed by atoms with van der Waals surface area (Å²) in [7, 11) is 3.54. The number of likely N-dealkylation sites (N-methyl/N-ethyl adjacent to an activating group) is 1. The highest BCUT2D eigenvalue weighted by atomic mass is 19.3. The normalized spacial score (nSPS) is 29.8. The summed E-state index contributed by atoms with van der Waals surface area (Å²) < 4.78 is 35.5. The van der Waals surface area contributed by atoms with Crippen molar-refractivity contribution in [3.8, 4) is 11.5 Å². The fourth-order valence-corrected chi connectivity index (χ4v) is 3.92. The van der Waals surface area contributed by atoms with Gasteiger partial charge in [0.2, 0.25) is 0 Å². The minimum absolute atomic E-state index is 0.175. The van der Waals surface area contributed by atoms with E-state index in [9.17, 15) is 13.9 Å². The molecule has 2 aliphatic rings. The van der Waals surface area contributed by atoms with Crippen LogP contribution in [0.2, 0.25) is 0 Å². The Bertz CT molecular complexity index is 622. The van der Waals surface area contributed by atoms with Crippen LogP contribution in [-0.4, -0.2) is 55.9 Å². The molecule has 4 nitrogen and oxygen atoms in total. The van der Waals surface area contributed by atoms with Crippen LogP contribution in [0.15, 0.2) is 30.4 Å². The molecule has 0 spiro atoms. The Labute approximate surface area is 140 Å². The first-order chi connectivity index (χ1) is 11.5. The standard InChI is InChI=1S/C18H23F2NO3/c1-21-8-7-18(6-5-13(22)10-16(18)21)12-3-4-14(23-2)15(9-12)24-11-17(19)20/h3-6,9,13,16-17,22H,7-8,10-11H2,1-2H3/t13-,16+,18+/m1/s1. The zero-order chi connectivity index (χ0) is 17.3. The third-order valence-corrected chi connectivity index (χ3v) is 5.15. The number of halogens is 2. The largest absolute Gasteiger partial charge is 0.493 e. The molecule has 24 heavy (non-hydrogen) atoms. The second-order valence-corrected chi connectivity index (χ2v) is 6.52. The molecule has 0 bridgehead atoms. The van der Waals surface area contributed by atoms with Gasteiger partial charge < -0.3 is 19.5 Å². The second-order valence-electron chi connectivity index (χ2n) is 6.52. The molecule has 0 unspecified atom stereocenters. The number of hydrogen-bond donors (Lipinski definition) is 1. The molecular formula is C18H23F2NO3. The van der Waals surface area contributed by atoms with Gasteiger partial charge >= 0.3 is 0 Å². The topological polar surface area (TPSA) is 41.9 Å². The summed E-state index contributed by atoms with van der Waals surface area (Å²) in [6.45, 7) is 0.256. The van der Waals surface area contributed by atoms with Crippen molar-refractivity contribution in [3.63, 3.8) is 0 Å². The first kappa shape index (κ1) is 17.2. The number of fused-ring (bicyclic) bond motifs is 1. The molecule has 1 aromatic rings. The number of benzene rings is 1. The van der Waals surface area contributed by atoms with Crippen molar-refractivity contribution in [1.29, 1.82) is 0 Å². The Morgan fingerprint density at radius 1 is 1.38 bits per heavy atom. The molecule has 1 aliphatic heterocycles. The van der Waals surface area contributed by atoms with Gasteiger partial charge in [0.1, 0.15) is 6.61 Å².